The fraction of sp³-hybridized carbons (Fsp3) is 0.286. The van der Waals surface area contributed by atoms with E-state index < -0.39 is 0 Å². The molecule has 0 amide bonds. The van der Waals surface area contributed by atoms with Gasteiger partial charge in [0.25, 0.3) is 0 Å². The Bertz CT molecular complexity index is 423. The van der Waals surface area contributed by atoms with Crippen molar-refractivity contribution in [2.75, 3.05) is 5.32 Å². The standard InChI is InChI=1S/C7H8ClN5S/c1-2-13-4-3-5(10-13)9-7-6(8)11-14-12-7/h3-4H,2H2,1H3,(H,9,10,12). The molecule has 0 fully saturated rings. The highest BCUT2D eigenvalue weighted by Crippen LogP contribution is 2.21. The van der Waals surface area contributed by atoms with Crippen molar-refractivity contribution < 1.29 is 0 Å². The Hall–Kier alpha value is -1.14. The third-order valence-corrected chi connectivity index (χ3v) is 2.55. The van der Waals surface area contributed by atoms with E-state index in [4.69, 9.17) is 11.6 Å². The SMILES string of the molecule is CCn1ccc(Nc2nsnc2Cl)n1. The molecule has 74 valence electrons. The predicted octanol–water partition coefficient (Wildman–Crippen LogP) is 2.15. The van der Waals surface area contributed by atoms with Gasteiger partial charge in [0.15, 0.2) is 16.8 Å². The first-order chi connectivity index (χ1) is 6.79. The molecule has 0 bridgehead atoms. The number of aryl methyl sites for hydroxylation is 1. The summed E-state index contributed by atoms with van der Waals surface area (Å²) in [5.41, 5.74) is 0. The summed E-state index contributed by atoms with van der Waals surface area (Å²) in [4.78, 5) is 0. The summed E-state index contributed by atoms with van der Waals surface area (Å²) in [6.45, 7) is 2.86. The summed E-state index contributed by atoms with van der Waals surface area (Å²) in [7, 11) is 0. The van der Waals surface area contributed by atoms with Gasteiger partial charge in [-0.25, -0.2) is 0 Å². The van der Waals surface area contributed by atoms with Crippen LogP contribution in [0.5, 0.6) is 0 Å². The molecule has 0 aliphatic carbocycles. The molecule has 0 saturated carbocycles. The molecule has 2 aromatic rings. The Morgan fingerprint density at radius 2 is 2.43 bits per heavy atom. The van der Waals surface area contributed by atoms with E-state index in [0.29, 0.717) is 11.0 Å². The summed E-state index contributed by atoms with van der Waals surface area (Å²) >= 11 is 6.84. The molecule has 2 rings (SSSR count). The maximum atomic E-state index is 5.77. The van der Waals surface area contributed by atoms with Crippen molar-refractivity contribution in [2.24, 2.45) is 0 Å². The number of anilines is 2. The average molecular weight is 230 g/mol. The molecule has 0 spiro atoms. The van der Waals surface area contributed by atoms with Crippen LogP contribution in [0, 0.1) is 0 Å². The first kappa shape index (κ1) is 9.42. The van der Waals surface area contributed by atoms with Gasteiger partial charge >= 0.3 is 0 Å². The second-order valence-corrected chi connectivity index (χ2v) is 3.47. The summed E-state index contributed by atoms with van der Waals surface area (Å²) in [6.07, 6.45) is 1.88. The number of hydrogen-bond acceptors (Lipinski definition) is 5. The minimum Gasteiger partial charge on any atom is -0.320 e. The molecule has 2 heterocycles. The van der Waals surface area contributed by atoms with Gasteiger partial charge in [0, 0.05) is 18.8 Å². The van der Waals surface area contributed by atoms with Crippen molar-refractivity contribution in [1.82, 2.24) is 18.5 Å². The smallest absolute Gasteiger partial charge is 0.187 e. The number of rotatable bonds is 3. The highest BCUT2D eigenvalue weighted by atomic mass is 35.5. The lowest BCUT2D eigenvalue weighted by atomic mass is 10.6. The minimum atomic E-state index is 0.376. The van der Waals surface area contributed by atoms with Crippen LogP contribution in [-0.4, -0.2) is 18.5 Å². The molecular formula is C7H8ClN5S. The van der Waals surface area contributed by atoms with Crippen molar-refractivity contribution in [2.45, 2.75) is 13.5 Å². The van der Waals surface area contributed by atoms with E-state index in [1.807, 2.05) is 23.9 Å². The normalized spacial score (nSPS) is 10.4. The first-order valence-electron chi connectivity index (χ1n) is 4.08. The van der Waals surface area contributed by atoms with Crippen molar-refractivity contribution in [1.29, 1.82) is 0 Å². The molecule has 0 atom stereocenters. The van der Waals surface area contributed by atoms with Crippen molar-refractivity contribution in [3.63, 3.8) is 0 Å². The molecule has 5 nitrogen and oxygen atoms in total. The molecule has 7 heteroatoms. The Balaban J connectivity index is 2.15. The van der Waals surface area contributed by atoms with Gasteiger partial charge in [-0.05, 0) is 6.92 Å². The van der Waals surface area contributed by atoms with Crippen LogP contribution in [0.2, 0.25) is 5.15 Å². The fourth-order valence-electron chi connectivity index (χ4n) is 0.978. The highest BCUT2D eigenvalue weighted by molar-refractivity contribution is 6.99. The van der Waals surface area contributed by atoms with E-state index in [1.54, 1.807) is 0 Å². The van der Waals surface area contributed by atoms with E-state index in [2.05, 4.69) is 19.2 Å². The van der Waals surface area contributed by atoms with Crippen LogP contribution in [0.15, 0.2) is 12.3 Å². The molecule has 0 aromatic carbocycles. The second kappa shape index (κ2) is 3.93. The van der Waals surface area contributed by atoms with Crippen LogP contribution >= 0.6 is 23.3 Å². The molecule has 0 aliphatic rings. The molecule has 0 saturated heterocycles. The third-order valence-electron chi connectivity index (χ3n) is 1.66. The van der Waals surface area contributed by atoms with Crippen LogP contribution in [0.1, 0.15) is 6.92 Å². The van der Waals surface area contributed by atoms with Gasteiger partial charge in [0.1, 0.15) is 0 Å². The zero-order valence-corrected chi connectivity index (χ0v) is 9.01. The lowest BCUT2D eigenvalue weighted by Crippen LogP contribution is -1.97. The van der Waals surface area contributed by atoms with Crippen molar-refractivity contribution in [3.8, 4) is 0 Å². The van der Waals surface area contributed by atoms with Crippen LogP contribution in [-0.2, 0) is 6.54 Å². The first-order valence-corrected chi connectivity index (χ1v) is 5.19. The molecule has 2 aromatic heterocycles. The Morgan fingerprint density at radius 3 is 3.00 bits per heavy atom. The van der Waals surface area contributed by atoms with Gasteiger partial charge in [-0.2, -0.15) is 13.8 Å². The quantitative estimate of drug-likeness (QED) is 0.876. The zero-order chi connectivity index (χ0) is 9.97. The number of hydrogen-bond donors (Lipinski definition) is 1. The van der Waals surface area contributed by atoms with Gasteiger partial charge < -0.3 is 5.32 Å². The Labute approximate surface area is 90.0 Å². The average Bonchev–Trinajstić information content (AvgIpc) is 2.77. The number of aromatic nitrogens is 4. The third kappa shape index (κ3) is 1.85. The molecule has 14 heavy (non-hydrogen) atoms. The number of nitrogens with zero attached hydrogens (tertiary/aromatic N) is 4. The maximum absolute atomic E-state index is 5.77. The summed E-state index contributed by atoms with van der Waals surface area (Å²) in [6, 6.07) is 1.86. The second-order valence-electron chi connectivity index (χ2n) is 2.59. The van der Waals surface area contributed by atoms with Crippen molar-refractivity contribution >= 4 is 35.0 Å². The maximum Gasteiger partial charge on any atom is 0.187 e. The van der Waals surface area contributed by atoms with Gasteiger partial charge in [-0.15, -0.1) is 0 Å². The topological polar surface area (TPSA) is 55.6 Å². The van der Waals surface area contributed by atoms with Gasteiger partial charge in [0.2, 0.25) is 0 Å². The Kier molecular flexibility index (Phi) is 2.64. The summed E-state index contributed by atoms with van der Waals surface area (Å²) in [5, 5.41) is 7.58. The van der Waals surface area contributed by atoms with Gasteiger partial charge in [-0.3, -0.25) is 4.68 Å². The van der Waals surface area contributed by atoms with E-state index in [0.717, 1.165) is 24.1 Å². The van der Waals surface area contributed by atoms with Crippen LogP contribution < -0.4 is 5.32 Å². The van der Waals surface area contributed by atoms with E-state index in [9.17, 15) is 0 Å². The van der Waals surface area contributed by atoms with E-state index >= 15 is 0 Å². The summed E-state index contributed by atoms with van der Waals surface area (Å²) in [5.74, 6) is 1.28. The lowest BCUT2D eigenvalue weighted by Gasteiger charge is -1.97. The van der Waals surface area contributed by atoms with Gasteiger partial charge in [0.05, 0.1) is 11.7 Å². The van der Waals surface area contributed by atoms with E-state index in [1.165, 1.54) is 0 Å². The van der Waals surface area contributed by atoms with Gasteiger partial charge in [-0.1, -0.05) is 11.6 Å². The van der Waals surface area contributed by atoms with Crippen molar-refractivity contribution in [3.05, 3.63) is 17.4 Å². The van der Waals surface area contributed by atoms with Crippen LogP contribution in [0.3, 0.4) is 0 Å². The molecule has 0 radical (unpaired) electrons. The summed E-state index contributed by atoms with van der Waals surface area (Å²) < 4.78 is 9.64. The fourth-order valence-corrected chi connectivity index (χ4v) is 1.62. The highest BCUT2D eigenvalue weighted by Gasteiger charge is 2.06. The van der Waals surface area contributed by atoms with E-state index in [-0.39, 0.29) is 0 Å². The molecule has 1 N–H and O–H groups in total. The molecular weight excluding hydrogens is 222 g/mol. The van der Waals surface area contributed by atoms with Crippen LogP contribution in [0.4, 0.5) is 11.6 Å². The predicted molar refractivity (Wildman–Crippen MR) is 56.1 cm³/mol. The number of nitrogens with one attached hydrogen (secondary N) is 1. The number of halogens is 1. The monoisotopic (exact) mass is 229 g/mol. The van der Waals surface area contributed by atoms with Crippen LogP contribution in [0.25, 0.3) is 0 Å². The molecule has 0 aliphatic heterocycles. The Morgan fingerprint density at radius 1 is 1.57 bits per heavy atom. The lowest BCUT2D eigenvalue weighted by molar-refractivity contribution is 0.662. The largest absolute Gasteiger partial charge is 0.320 e. The minimum absolute atomic E-state index is 0.376. The molecule has 0 unspecified atom stereocenters. The zero-order valence-electron chi connectivity index (χ0n) is 7.44.